The van der Waals surface area contributed by atoms with Crippen LogP contribution >= 0.6 is 15.9 Å². The van der Waals surface area contributed by atoms with Crippen LogP contribution in [0.5, 0.6) is 0 Å². The first-order valence-electron chi connectivity index (χ1n) is 5.06. The highest BCUT2D eigenvalue weighted by Crippen LogP contribution is 2.13. The van der Waals surface area contributed by atoms with Crippen LogP contribution in [0.1, 0.15) is 5.56 Å². The third kappa shape index (κ3) is 3.40. The van der Waals surface area contributed by atoms with E-state index >= 15 is 0 Å². The lowest BCUT2D eigenvalue weighted by atomic mass is 10.2. The molecule has 2 rings (SSSR count). The second-order valence-corrected chi connectivity index (χ2v) is 4.31. The predicted molar refractivity (Wildman–Crippen MR) is 71.3 cm³/mol. The Morgan fingerprint density at radius 3 is 2.94 bits per heavy atom. The van der Waals surface area contributed by atoms with E-state index in [4.69, 9.17) is 5.84 Å². The molecule has 0 aliphatic carbocycles. The second-order valence-electron chi connectivity index (χ2n) is 3.39. The molecule has 1 aromatic heterocycles. The Labute approximate surface area is 108 Å². The number of aromatic nitrogens is 2. The summed E-state index contributed by atoms with van der Waals surface area (Å²) in [6.45, 7) is 0.695. The van der Waals surface area contributed by atoms with Gasteiger partial charge in [-0.2, -0.15) is 4.98 Å². The van der Waals surface area contributed by atoms with Gasteiger partial charge in [-0.15, -0.1) is 0 Å². The van der Waals surface area contributed by atoms with Gasteiger partial charge in [0.1, 0.15) is 5.82 Å². The van der Waals surface area contributed by atoms with Crippen LogP contribution in [0.2, 0.25) is 0 Å². The molecule has 0 unspecified atom stereocenters. The first-order valence-corrected chi connectivity index (χ1v) is 5.85. The largest absolute Gasteiger partial charge is 0.366 e. The van der Waals surface area contributed by atoms with Crippen molar-refractivity contribution in [2.24, 2.45) is 5.84 Å². The number of nitrogens with one attached hydrogen (secondary N) is 2. The van der Waals surface area contributed by atoms with Crippen LogP contribution in [0.25, 0.3) is 0 Å². The quantitative estimate of drug-likeness (QED) is 0.595. The first-order chi connectivity index (χ1) is 8.28. The number of hydrogen-bond donors (Lipinski definition) is 3. The summed E-state index contributed by atoms with van der Waals surface area (Å²) in [6, 6.07) is 9.87. The third-order valence-corrected chi connectivity index (χ3v) is 2.64. The van der Waals surface area contributed by atoms with Crippen molar-refractivity contribution in [1.29, 1.82) is 0 Å². The molecule has 0 aliphatic heterocycles. The Balaban J connectivity index is 2.02. The normalized spacial score (nSPS) is 10.0. The van der Waals surface area contributed by atoms with Gasteiger partial charge in [0.15, 0.2) is 0 Å². The first kappa shape index (κ1) is 11.8. The van der Waals surface area contributed by atoms with Crippen molar-refractivity contribution in [1.82, 2.24) is 9.97 Å². The van der Waals surface area contributed by atoms with E-state index in [0.717, 1.165) is 10.3 Å². The van der Waals surface area contributed by atoms with Crippen LogP contribution in [0.3, 0.4) is 0 Å². The van der Waals surface area contributed by atoms with Crippen molar-refractivity contribution in [3.05, 3.63) is 46.6 Å². The summed E-state index contributed by atoms with van der Waals surface area (Å²) in [6.07, 6.45) is 1.64. The molecule has 0 aliphatic rings. The molecule has 0 radical (unpaired) electrons. The number of benzene rings is 1. The Hall–Kier alpha value is -1.66. The van der Waals surface area contributed by atoms with Gasteiger partial charge in [0.05, 0.1) is 0 Å². The van der Waals surface area contributed by atoms with Crippen LogP contribution in [0, 0.1) is 0 Å². The SMILES string of the molecule is NNc1nccc(NCc2cccc(Br)c2)n1. The van der Waals surface area contributed by atoms with Gasteiger partial charge in [0.25, 0.3) is 0 Å². The van der Waals surface area contributed by atoms with E-state index < -0.39 is 0 Å². The monoisotopic (exact) mass is 293 g/mol. The van der Waals surface area contributed by atoms with Crippen molar-refractivity contribution in [3.8, 4) is 0 Å². The fraction of sp³-hybridized carbons (Fsp3) is 0.0909. The topological polar surface area (TPSA) is 75.9 Å². The smallest absolute Gasteiger partial charge is 0.239 e. The number of anilines is 2. The molecule has 88 valence electrons. The fourth-order valence-corrected chi connectivity index (χ4v) is 1.81. The number of hydrogen-bond acceptors (Lipinski definition) is 5. The second kappa shape index (κ2) is 5.60. The van der Waals surface area contributed by atoms with Gasteiger partial charge in [0, 0.05) is 17.2 Å². The summed E-state index contributed by atoms with van der Waals surface area (Å²) in [5.41, 5.74) is 3.57. The average Bonchev–Trinajstić information content (AvgIpc) is 2.37. The Morgan fingerprint density at radius 2 is 2.18 bits per heavy atom. The molecule has 4 N–H and O–H groups in total. The molecule has 0 spiro atoms. The Kier molecular flexibility index (Phi) is 3.89. The zero-order chi connectivity index (χ0) is 12.1. The number of rotatable bonds is 4. The number of nitrogens with zero attached hydrogens (tertiary/aromatic N) is 2. The molecule has 0 bridgehead atoms. The Bertz CT molecular complexity index is 503. The summed E-state index contributed by atoms with van der Waals surface area (Å²) < 4.78 is 1.06. The number of nitrogens with two attached hydrogens (primary N) is 1. The van der Waals surface area contributed by atoms with E-state index in [-0.39, 0.29) is 0 Å². The van der Waals surface area contributed by atoms with E-state index in [2.05, 4.69) is 42.7 Å². The lowest BCUT2D eigenvalue weighted by Gasteiger charge is -2.06. The van der Waals surface area contributed by atoms with Crippen LogP contribution in [-0.2, 0) is 6.54 Å². The maximum Gasteiger partial charge on any atom is 0.239 e. The van der Waals surface area contributed by atoms with Crippen molar-refractivity contribution >= 4 is 27.7 Å². The molecule has 1 heterocycles. The van der Waals surface area contributed by atoms with Crippen LogP contribution in [-0.4, -0.2) is 9.97 Å². The van der Waals surface area contributed by atoms with Crippen molar-refractivity contribution in [2.45, 2.75) is 6.54 Å². The molecule has 2 aromatic rings. The standard InChI is InChI=1S/C11H12BrN5/c12-9-3-1-2-8(6-9)7-15-10-4-5-14-11(16-10)17-13/h1-6H,7,13H2,(H2,14,15,16,17). The van der Waals surface area contributed by atoms with Crippen LogP contribution < -0.4 is 16.6 Å². The Morgan fingerprint density at radius 1 is 1.29 bits per heavy atom. The van der Waals surface area contributed by atoms with Gasteiger partial charge in [0.2, 0.25) is 5.95 Å². The van der Waals surface area contributed by atoms with Crippen LogP contribution in [0.15, 0.2) is 41.0 Å². The molecule has 0 saturated heterocycles. The lowest BCUT2D eigenvalue weighted by Crippen LogP contribution is -2.11. The summed E-state index contributed by atoms with van der Waals surface area (Å²) in [5.74, 6) is 6.36. The van der Waals surface area contributed by atoms with Crippen molar-refractivity contribution in [2.75, 3.05) is 10.7 Å². The highest BCUT2D eigenvalue weighted by molar-refractivity contribution is 9.10. The molecule has 0 amide bonds. The molecule has 0 atom stereocenters. The van der Waals surface area contributed by atoms with Gasteiger partial charge >= 0.3 is 0 Å². The highest BCUT2D eigenvalue weighted by atomic mass is 79.9. The van der Waals surface area contributed by atoms with E-state index in [1.54, 1.807) is 12.3 Å². The molecule has 1 aromatic carbocycles. The van der Waals surface area contributed by atoms with Gasteiger partial charge in [-0.25, -0.2) is 10.8 Å². The van der Waals surface area contributed by atoms with Gasteiger partial charge in [-0.1, -0.05) is 28.1 Å². The van der Waals surface area contributed by atoms with Gasteiger partial charge in [-0.3, -0.25) is 5.43 Å². The minimum absolute atomic E-state index is 0.393. The third-order valence-electron chi connectivity index (χ3n) is 2.15. The van der Waals surface area contributed by atoms with Crippen LogP contribution in [0.4, 0.5) is 11.8 Å². The van der Waals surface area contributed by atoms with E-state index in [0.29, 0.717) is 12.5 Å². The average molecular weight is 294 g/mol. The van der Waals surface area contributed by atoms with E-state index in [9.17, 15) is 0 Å². The van der Waals surface area contributed by atoms with E-state index in [1.807, 2.05) is 18.2 Å². The summed E-state index contributed by atoms with van der Waals surface area (Å²) >= 11 is 3.43. The summed E-state index contributed by atoms with van der Waals surface area (Å²) in [5, 5.41) is 3.20. The molecule has 0 saturated carbocycles. The molecule has 0 fully saturated rings. The summed E-state index contributed by atoms with van der Waals surface area (Å²) in [7, 11) is 0. The van der Waals surface area contributed by atoms with E-state index in [1.165, 1.54) is 5.56 Å². The van der Waals surface area contributed by atoms with Gasteiger partial charge < -0.3 is 5.32 Å². The molecule has 17 heavy (non-hydrogen) atoms. The molecular formula is C11H12BrN5. The molecule has 6 heteroatoms. The minimum Gasteiger partial charge on any atom is -0.366 e. The maximum absolute atomic E-state index is 5.24. The highest BCUT2D eigenvalue weighted by Gasteiger charge is 1.98. The molecular weight excluding hydrogens is 282 g/mol. The summed E-state index contributed by atoms with van der Waals surface area (Å²) in [4.78, 5) is 8.09. The van der Waals surface area contributed by atoms with Crippen molar-refractivity contribution < 1.29 is 0 Å². The number of nitrogen functional groups attached to an aromatic ring is 1. The molecule has 5 nitrogen and oxygen atoms in total. The minimum atomic E-state index is 0.393. The zero-order valence-corrected chi connectivity index (χ0v) is 10.6. The zero-order valence-electron chi connectivity index (χ0n) is 9.02. The van der Waals surface area contributed by atoms with Gasteiger partial charge in [-0.05, 0) is 23.8 Å². The predicted octanol–water partition coefficient (Wildman–Crippen LogP) is 2.14. The fourth-order valence-electron chi connectivity index (χ4n) is 1.37. The number of halogens is 1. The lowest BCUT2D eigenvalue weighted by molar-refractivity contribution is 1.07. The number of hydrazine groups is 1. The maximum atomic E-state index is 5.24. The van der Waals surface area contributed by atoms with Crippen molar-refractivity contribution in [3.63, 3.8) is 0 Å².